The van der Waals surface area contributed by atoms with Crippen LogP contribution in [0.15, 0.2) is 66.7 Å². The van der Waals surface area contributed by atoms with Gasteiger partial charge in [-0.25, -0.2) is 17.5 Å². The molecule has 9 nitrogen and oxygen atoms in total. The number of para-hydroxylation sites is 1. The number of ether oxygens (including phenoxy) is 1. The summed E-state index contributed by atoms with van der Waals surface area (Å²) in [5.41, 5.74) is 5.83. The van der Waals surface area contributed by atoms with Crippen molar-refractivity contribution < 1.29 is 27.1 Å². The van der Waals surface area contributed by atoms with Crippen molar-refractivity contribution in [2.75, 3.05) is 18.9 Å². The van der Waals surface area contributed by atoms with Gasteiger partial charge in [0, 0.05) is 39.5 Å². The highest BCUT2D eigenvalue weighted by atomic mass is 35.5. The van der Waals surface area contributed by atoms with E-state index in [0.717, 1.165) is 22.2 Å². The number of hydrogen-bond donors (Lipinski definition) is 3. The summed E-state index contributed by atoms with van der Waals surface area (Å²) < 4.78 is 49.2. The monoisotopic (exact) mass is 678 g/mol. The fourth-order valence-electron chi connectivity index (χ4n) is 5.70. The Bertz CT molecular complexity index is 2050. The molecule has 2 heterocycles. The standard InChI is InChI=1S/C35H36ClFN4O5S/c1-21-18-27(19-22(2)32(21)36)46-16-7-9-29-28-8-5-6-10-31(28)39-33(29)35(43)40-47(44,45)17-15-38-34(42)30-20-23(3)41(24(30)4)26-13-11-25(37)12-14-26/h5-6,8,10-14,18-20,39H,7,9,15-17H2,1-4H3,(H,38,42)(H,40,43). The van der Waals surface area contributed by atoms with Crippen molar-refractivity contribution in [3.63, 3.8) is 0 Å². The summed E-state index contributed by atoms with van der Waals surface area (Å²) in [6.45, 7) is 7.56. The summed E-state index contributed by atoms with van der Waals surface area (Å²) in [6, 6.07) is 18.7. The van der Waals surface area contributed by atoms with Gasteiger partial charge in [0.1, 0.15) is 17.3 Å². The lowest BCUT2D eigenvalue weighted by Gasteiger charge is -2.11. The van der Waals surface area contributed by atoms with Crippen LogP contribution in [0.25, 0.3) is 16.6 Å². The highest BCUT2D eigenvalue weighted by molar-refractivity contribution is 7.90. The van der Waals surface area contributed by atoms with Crippen molar-refractivity contribution in [2.45, 2.75) is 40.5 Å². The molecule has 0 aliphatic carbocycles. The zero-order valence-electron chi connectivity index (χ0n) is 26.5. The third kappa shape index (κ3) is 7.69. The van der Waals surface area contributed by atoms with Gasteiger partial charge in [0.15, 0.2) is 0 Å². The first kappa shape index (κ1) is 33.7. The molecule has 0 fully saturated rings. The number of aromatic nitrogens is 2. The van der Waals surface area contributed by atoms with Crippen LogP contribution in [-0.2, 0) is 16.4 Å². The van der Waals surface area contributed by atoms with Gasteiger partial charge in [0.2, 0.25) is 10.0 Å². The second kappa shape index (κ2) is 14.0. The number of halogens is 2. The molecule has 0 saturated heterocycles. The highest BCUT2D eigenvalue weighted by Gasteiger charge is 2.23. The number of hydrogen-bond acceptors (Lipinski definition) is 5. The van der Waals surface area contributed by atoms with E-state index in [9.17, 15) is 22.4 Å². The average Bonchev–Trinajstić information content (AvgIpc) is 3.54. The molecule has 47 heavy (non-hydrogen) atoms. The van der Waals surface area contributed by atoms with Crippen molar-refractivity contribution in [3.05, 3.63) is 117 Å². The first-order valence-corrected chi connectivity index (χ1v) is 17.1. The number of carbonyl (C=O) groups is 2. The molecule has 5 rings (SSSR count). The van der Waals surface area contributed by atoms with Crippen LogP contribution in [0, 0.1) is 33.5 Å². The maximum Gasteiger partial charge on any atom is 0.281 e. The predicted octanol–water partition coefficient (Wildman–Crippen LogP) is 6.49. The summed E-state index contributed by atoms with van der Waals surface area (Å²) >= 11 is 6.26. The maximum atomic E-state index is 13.4. The Kier molecular flexibility index (Phi) is 10.1. The molecular weight excluding hydrogens is 643 g/mol. The lowest BCUT2D eigenvalue weighted by molar-refractivity contribution is 0.0954. The van der Waals surface area contributed by atoms with E-state index in [1.165, 1.54) is 12.1 Å². The molecule has 3 N–H and O–H groups in total. The minimum atomic E-state index is -4.10. The molecule has 12 heteroatoms. The molecule has 0 bridgehead atoms. The van der Waals surface area contributed by atoms with E-state index in [0.29, 0.717) is 58.2 Å². The van der Waals surface area contributed by atoms with Gasteiger partial charge in [-0.2, -0.15) is 0 Å². The number of benzene rings is 3. The Balaban J connectivity index is 1.21. The van der Waals surface area contributed by atoms with Crippen LogP contribution in [0.3, 0.4) is 0 Å². The van der Waals surface area contributed by atoms with Crippen LogP contribution in [0.5, 0.6) is 5.75 Å². The van der Waals surface area contributed by atoms with Crippen molar-refractivity contribution in [1.82, 2.24) is 19.6 Å². The number of nitrogens with zero attached hydrogens (tertiary/aromatic N) is 1. The minimum absolute atomic E-state index is 0.158. The van der Waals surface area contributed by atoms with E-state index in [4.69, 9.17) is 16.3 Å². The number of amides is 2. The number of nitrogens with one attached hydrogen (secondary N) is 3. The number of fused-ring (bicyclic) bond motifs is 1. The molecule has 0 aliphatic rings. The second-order valence-electron chi connectivity index (χ2n) is 11.4. The van der Waals surface area contributed by atoms with E-state index in [1.807, 2.05) is 61.7 Å². The number of aromatic amines is 1. The number of carbonyl (C=O) groups excluding carboxylic acids is 2. The normalized spacial score (nSPS) is 11.5. The van der Waals surface area contributed by atoms with Crippen molar-refractivity contribution in [2.24, 2.45) is 0 Å². The molecule has 2 amide bonds. The van der Waals surface area contributed by atoms with Crippen LogP contribution in [-0.4, -0.2) is 48.7 Å². The van der Waals surface area contributed by atoms with Gasteiger partial charge in [-0.05, 0) is 106 Å². The number of aryl methyl sites for hydroxylation is 4. The molecule has 0 radical (unpaired) electrons. The van der Waals surface area contributed by atoms with Gasteiger partial charge >= 0.3 is 0 Å². The van der Waals surface area contributed by atoms with Crippen molar-refractivity contribution >= 4 is 44.3 Å². The minimum Gasteiger partial charge on any atom is -0.494 e. The molecule has 246 valence electrons. The van der Waals surface area contributed by atoms with E-state index in [1.54, 1.807) is 25.1 Å². The van der Waals surface area contributed by atoms with Gasteiger partial charge < -0.3 is 19.6 Å². The lowest BCUT2D eigenvalue weighted by Crippen LogP contribution is -2.38. The zero-order valence-corrected chi connectivity index (χ0v) is 28.1. The van der Waals surface area contributed by atoms with E-state index >= 15 is 0 Å². The quantitative estimate of drug-likeness (QED) is 0.130. The van der Waals surface area contributed by atoms with Crippen LogP contribution >= 0.6 is 11.6 Å². The van der Waals surface area contributed by atoms with Crippen LogP contribution in [0.2, 0.25) is 5.02 Å². The van der Waals surface area contributed by atoms with Gasteiger partial charge in [-0.1, -0.05) is 29.8 Å². The first-order valence-electron chi connectivity index (χ1n) is 15.1. The Labute approximate surface area is 278 Å². The molecule has 5 aromatic rings. The first-order chi connectivity index (χ1) is 22.3. The van der Waals surface area contributed by atoms with Crippen LogP contribution < -0.4 is 14.8 Å². The summed E-state index contributed by atoms with van der Waals surface area (Å²) in [4.78, 5) is 29.3. The fraction of sp³-hybridized carbons (Fsp3) is 0.257. The molecular formula is C35H36ClFN4O5S. The van der Waals surface area contributed by atoms with E-state index in [2.05, 4.69) is 15.0 Å². The summed E-state index contributed by atoms with van der Waals surface area (Å²) in [7, 11) is -4.10. The van der Waals surface area contributed by atoms with Crippen molar-refractivity contribution in [3.8, 4) is 11.4 Å². The summed E-state index contributed by atoms with van der Waals surface area (Å²) in [5, 5.41) is 4.15. The SMILES string of the molecule is Cc1cc(OCCCc2c(C(=O)NS(=O)(=O)CCNC(=O)c3cc(C)n(-c4ccc(F)cc4)c3C)[nH]c3ccccc23)cc(C)c1Cl. The third-order valence-corrected chi connectivity index (χ3v) is 9.79. The Morgan fingerprint density at radius 3 is 2.34 bits per heavy atom. The average molecular weight is 679 g/mol. The Hall–Kier alpha value is -4.61. The van der Waals surface area contributed by atoms with Crippen LogP contribution in [0.1, 0.15) is 55.3 Å². The molecule has 2 aromatic heterocycles. The van der Waals surface area contributed by atoms with Gasteiger partial charge in [0.25, 0.3) is 11.8 Å². The molecule has 0 atom stereocenters. The third-order valence-electron chi connectivity index (χ3n) is 7.96. The molecule has 0 saturated carbocycles. The summed E-state index contributed by atoms with van der Waals surface area (Å²) in [5.74, 6) is -1.42. The Morgan fingerprint density at radius 2 is 1.64 bits per heavy atom. The van der Waals surface area contributed by atoms with Gasteiger partial charge in [-0.3, -0.25) is 9.59 Å². The smallest absolute Gasteiger partial charge is 0.281 e. The van der Waals surface area contributed by atoms with Crippen LogP contribution in [0.4, 0.5) is 4.39 Å². The lowest BCUT2D eigenvalue weighted by atomic mass is 10.1. The largest absolute Gasteiger partial charge is 0.494 e. The number of sulfonamides is 1. The van der Waals surface area contributed by atoms with Crippen molar-refractivity contribution in [1.29, 1.82) is 0 Å². The predicted molar refractivity (Wildman–Crippen MR) is 182 cm³/mol. The molecule has 0 aliphatic heterocycles. The number of H-pyrrole nitrogens is 1. The summed E-state index contributed by atoms with van der Waals surface area (Å²) in [6.07, 6.45) is 1.04. The highest BCUT2D eigenvalue weighted by Crippen LogP contribution is 2.27. The second-order valence-corrected chi connectivity index (χ2v) is 13.7. The molecule has 0 unspecified atom stereocenters. The topological polar surface area (TPSA) is 122 Å². The van der Waals surface area contributed by atoms with Gasteiger partial charge in [0.05, 0.1) is 17.9 Å². The van der Waals surface area contributed by atoms with E-state index in [-0.39, 0.29) is 18.1 Å². The zero-order chi connectivity index (χ0) is 33.9. The molecule has 0 spiro atoms. The number of rotatable bonds is 12. The maximum absolute atomic E-state index is 13.4. The van der Waals surface area contributed by atoms with Gasteiger partial charge in [-0.15, -0.1) is 0 Å². The Morgan fingerprint density at radius 1 is 0.957 bits per heavy atom. The van der Waals surface area contributed by atoms with E-state index < -0.39 is 27.6 Å². The molecule has 3 aromatic carbocycles. The fourth-order valence-corrected chi connectivity index (χ4v) is 6.67.